The zero-order valence-electron chi connectivity index (χ0n) is 10.6. The molecule has 1 unspecified atom stereocenters. The SMILES string of the molecule is CC(C(=O)Nc1cccc(C#N)c1)n1cnc(C#N)n1. The van der Waals surface area contributed by atoms with Gasteiger partial charge in [-0.3, -0.25) is 4.79 Å². The average molecular weight is 266 g/mol. The second-order valence-electron chi connectivity index (χ2n) is 4.02. The summed E-state index contributed by atoms with van der Waals surface area (Å²) in [6, 6.07) is 9.77. The highest BCUT2D eigenvalue weighted by Crippen LogP contribution is 2.13. The van der Waals surface area contributed by atoms with Gasteiger partial charge in [-0.05, 0) is 25.1 Å². The number of amides is 1. The second-order valence-corrected chi connectivity index (χ2v) is 4.02. The fourth-order valence-electron chi connectivity index (χ4n) is 1.55. The first-order chi connectivity index (χ1) is 9.63. The van der Waals surface area contributed by atoms with Crippen molar-refractivity contribution >= 4 is 11.6 Å². The van der Waals surface area contributed by atoms with Crippen LogP contribution in [-0.2, 0) is 4.79 Å². The van der Waals surface area contributed by atoms with Gasteiger partial charge in [-0.1, -0.05) is 6.07 Å². The van der Waals surface area contributed by atoms with E-state index in [-0.39, 0.29) is 11.7 Å². The zero-order chi connectivity index (χ0) is 14.5. The van der Waals surface area contributed by atoms with Gasteiger partial charge in [-0.2, -0.15) is 10.5 Å². The minimum atomic E-state index is -0.615. The van der Waals surface area contributed by atoms with Crippen LogP contribution in [0.4, 0.5) is 5.69 Å². The Morgan fingerprint density at radius 2 is 2.20 bits per heavy atom. The van der Waals surface area contributed by atoms with Crippen LogP contribution in [0.15, 0.2) is 30.6 Å². The number of carbonyl (C=O) groups excluding carboxylic acids is 1. The zero-order valence-corrected chi connectivity index (χ0v) is 10.6. The topological polar surface area (TPSA) is 107 Å². The highest BCUT2D eigenvalue weighted by Gasteiger charge is 2.16. The molecule has 1 amide bonds. The fourth-order valence-corrected chi connectivity index (χ4v) is 1.55. The largest absolute Gasteiger partial charge is 0.324 e. The maximum atomic E-state index is 12.0. The molecule has 20 heavy (non-hydrogen) atoms. The Kier molecular flexibility index (Phi) is 3.73. The van der Waals surface area contributed by atoms with Crippen molar-refractivity contribution in [2.24, 2.45) is 0 Å². The van der Waals surface area contributed by atoms with Crippen molar-refractivity contribution in [1.82, 2.24) is 14.8 Å². The number of nitrogens with one attached hydrogen (secondary N) is 1. The number of benzene rings is 1. The maximum Gasteiger partial charge on any atom is 0.252 e. The number of nitriles is 2. The molecule has 2 rings (SSSR count). The summed E-state index contributed by atoms with van der Waals surface area (Å²) < 4.78 is 1.31. The minimum absolute atomic E-state index is 0.0103. The van der Waals surface area contributed by atoms with Crippen molar-refractivity contribution in [1.29, 1.82) is 10.5 Å². The molecule has 7 nitrogen and oxygen atoms in total. The van der Waals surface area contributed by atoms with Crippen molar-refractivity contribution in [3.8, 4) is 12.1 Å². The van der Waals surface area contributed by atoms with Crippen LogP contribution in [0.2, 0.25) is 0 Å². The van der Waals surface area contributed by atoms with E-state index in [1.807, 2.05) is 6.07 Å². The van der Waals surface area contributed by atoms with E-state index in [2.05, 4.69) is 15.4 Å². The molecule has 0 saturated heterocycles. The van der Waals surface area contributed by atoms with Crippen molar-refractivity contribution in [2.75, 3.05) is 5.32 Å². The smallest absolute Gasteiger partial charge is 0.252 e. The van der Waals surface area contributed by atoms with E-state index in [0.717, 1.165) is 0 Å². The van der Waals surface area contributed by atoms with Crippen molar-refractivity contribution in [3.63, 3.8) is 0 Å². The third-order valence-electron chi connectivity index (χ3n) is 2.64. The summed E-state index contributed by atoms with van der Waals surface area (Å²) in [6.45, 7) is 1.64. The number of hydrogen-bond donors (Lipinski definition) is 1. The molecule has 1 aromatic carbocycles. The van der Waals surface area contributed by atoms with Gasteiger partial charge in [-0.15, -0.1) is 5.10 Å². The fraction of sp³-hybridized carbons (Fsp3) is 0.154. The normalized spacial score (nSPS) is 11.2. The third-order valence-corrected chi connectivity index (χ3v) is 2.64. The lowest BCUT2D eigenvalue weighted by atomic mass is 10.2. The molecule has 98 valence electrons. The third kappa shape index (κ3) is 2.79. The van der Waals surface area contributed by atoms with Crippen LogP contribution in [0.3, 0.4) is 0 Å². The van der Waals surface area contributed by atoms with Crippen molar-refractivity contribution in [3.05, 3.63) is 42.0 Å². The first-order valence-electron chi connectivity index (χ1n) is 5.76. The van der Waals surface area contributed by atoms with Gasteiger partial charge in [0.25, 0.3) is 5.82 Å². The highest BCUT2D eigenvalue weighted by atomic mass is 16.2. The molecule has 0 aliphatic heterocycles. The van der Waals surface area contributed by atoms with Gasteiger partial charge in [0, 0.05) is 5.69 Å². The van der Waals surface area contributed by atoms with Crippen LogP contribution in [0.5, 0.6) is 0 Å². The van der Waals surface area contributed by atoms with Gasteiger partial charge >= 0.3 is 0 Å². The Morgan fingerprint density at radius 1 is 1.40 bits per heavy atom. The lowest BCUT2D eigenvalue weighted by Crippen LogP contribution is -2.24. The molecule has 0 fully saturated rings. The van der Waals surface area contributed by atoms with Crippen LogP contribution >= 0.6 is 0 Å². The van der Waals surface area contributed by atoms with E-state index in [1.54, 1.807) is 37.3 Å². The molecule has 2 aromatic rings. The summed E-state index contributed by atoms with van der Waals surface area (Å²) >= 11 is 0. The van der Waals surface area contributed by atoms with Crippen molar-refractivity contribution in [2.45, 2.75) is 13.0 Å². The lowest BCUT2D eigenvalue weighted by molar-refractivity contribution is -0.119. The van der Waals surface area contributed by atoms with Gasteiger partial charge < -0.3 is 5.32 Å². The first-order valence-corrected chi connectivity index (χ1v) is 5.76. The van der Waals surface area contributed by atoms with Gasteiger partial charge in [0.2, 0.25) is 5.91 Å². The van der Waals surface area contributed by atoms with E-state index in [4.69, 9.17) is 10.5 Å². The summed E-state index contributed by atoms with van der Waals surface area (Å²) in [5.74, 6) is -0.300. The predicted molar refractivity (Wildman–Crippen MR) is 69.2 cm³/mol. The monoisotopic (exact) mass is 266 g/mol. The molecule has 1 N–H and O–H groups in total. The summed E-state index contributed by atoms with van der Waals surface area (Å²) in [7, 11) is 0. The summed E-state index contributed by atoms with van der Waals surface area (Å²) in [5, 5.41) is 24.0. The van der Waals surface area contributed by atoms with Crippen LogP contribution in [-0.4, -0.2) is 20.7 Å². The quantitative estimate of drug-likeness (QED) is 0.898. The molecule has 0 spiro atoms. The van der Waals surface area contributed by atoms with Gasteiger partial charge in [0.15, 0.2) is 0 Å². The number of anilines is 1. The highest BCUT2D eigenvalue weighted by molar-refractivity contribution is 5.93. The minimum Gasteiger partial charge on any atom is -0.324 e. The standard InChI is InChI=1S/C13H10N6O/c1-9(19-8-16-12(7-15)18-19)13(20)17-11-4-2-3-10(5-11)6-14/h2-5,8-9H,1H3,(H,17,20). The average Bonchev–Trinajstić information content (AvgIpc) is 2.95. The molecule has 7 heteroatoms. The van der Waals surface area contributed by atoms with Crippen LogP contribution < -0.4 is 5.32 Å². The number of aromatic nitrogens is 3. The molecule has 0 radical (unpaired) electrons. The number of rotatable bonds is 3. The Bertz CT molecular complexity index is 721. The van der Waals surface area contributed by atoms with Crippen molar-refractivity contribution < 1.29 is 4.79 Å². The summed E-state index contributed by atoms with van der Waals surface area (Å²) in [4.78, 5) is 15.8. The van der Waals surface area contributed by atoms with E-state index >= 15 is 0 Å². The van der Waals surface area contributed by atoms with E-state index in [9.17, 15) is 4.79 Å². The molecule has 0 aliphatic rings. The molecule has 1 atom stereocenters. The molecule has 0 bridgehead atoms. The van der Waals surface area contributed by atoms with E-state index in [0.29, 0.717) is 11.3 Å². The molecule has 0 saturated carbocycles. The lowest BCUT2D eigenvalue weighted by Gasteiger charge is -2.12. The van der Waals surface area contributed by atoms with Gasteiger partial charge in [0.05, 0.1) is 11.6 Å². The molecular weight excluding hydrogens is 256 g/mol. The first kappa shape index (κ1) is 13.2. The van der Waals surface area contributed by atoms with Crippen LogP contribution in [0, 0.1) is 22.7 Å². The second kappa shape index (κ2) is 5.63. The molecular formula is C13H10N6O. The van der Waals surface area contributed by atoms with Gasteiger partial charge in [0.1, 0.15) is 18.4 Å². The summed E-state index contributed by atoms with van der Waals surface area (Å²) in [6.07, 6.45) is 1.33. The van der Waals surface area contributed by atoms with Gasteiger partial charge in [-0.25, -0.2) is 9.67 Å². The molecule has 1 heterocycles. The number of carbonyl (C=O) groups is 1. The predicted octanol–water partition coefficient (Wildman–Crippen LogP) is 1.22. The Hall–Kier alpha value is -3.19. The molecule has 0 aliphatic carbocycles. The van der Waals surface area contributed by atoms with E-state index in [1.165, 1.54) is 11.0 Å². The van der Waals surface area contributed by atoms with Crippen LogP contribution in [0.25, 0.3) is 0 Å². The van der Waals surface area contributed by atoms with E-state index < -0.39 is 6.04 Å². The van der Waals surface area contributed by atoms with Crippen LogP contribution in [0.1, 0.15) is 24.4 Å². The number of nitrogens with zero attached hydrogens (tertiary/aromatic N) is 5. The molecule has 1 aromatic heterocycles. The Morgan fingerprint density at radius 3 is 2.85 bits per heavy atom. The Balaban J connectivity index is 2.11. The Labute approximate surface area is 115 Å². The maximum absolute atomic E-state index is 12.0. The number of hydrogen-bond acceptors (Lipinski definition) is 5. The summed E-state index contributed by atoms with van der Waals surface area (Å²) in [5.41, 5.74) is 0.990.